The molecule has 0 spiro atoms. The molecule has 246 valence electrons. The van der Waals surface area contributed by atoms with Gasteiger partial charge in [-0.05, 0) is 30.3 Å². The van der Waals surface area contributed by atoms with Gasteiger partial charge in [0.05, 0.1) is 11.7 Å². The maximum Gasteiger partial charge on any atom is 0.432 e. The molecule has 0 bridgehead atoms. The maximum atomic E-state index is 14.8. The Balaban J connectivity index is 2.67. The van der Waals surface area contributed by atoms with E-state index in [0.29, 0.717) is 5.56 Å². The molecule has 0 N–H and O–H groups in total. The Morgan fingerprint density at radius 3 is 1.89 bits per heavy atom. The van der Waals surface area contributed by atoms with E-state index in [2.05, 4.69) is 18.0 Å². The second kappa shape index (κ2) is 14.9. The number of halogens is 3. The minimum Gasteiger partial charge on any atom is -0.454 e. The molecule has 0 heterocycles. The van der Waals surface area contributed by atoms with Gasteiger partial charge in [-0.2, -0.15) is 13.2 Å². The van der Waals surface area contributed by atoms with Gasteiger partial charge >= 0.3 is 18.1 Å². The summed E-state index contributed by atoms with van der Waals surface area (Å²) in [6, 6.07) is 14.9. The monoisotopic (exact) mass is 662 g/mol. The summed E-state index contributed by atoms with van der Waals surface area (Å²) in [7, 11) is -4.00. The summed E-state index contributed by atoms with van der Waals surface area (Å²) >= 11 is 0. The van der Waals surface area contributed by atoms with E-state index >= 15 is 0 Å². The number of carbonyl (C=O) groups excluding carboxylic acids is 2. The Labute approximate surface area is 267 Å². The molecule has 4 atom stereocenters. The minimum atomic E-state index is -5.18. The lowest BCUT2D eigenvalue weighted by Gasteiger charge is -2.41. The number of ether oxygens (including phenoxy) is 3. The van der Waals surface area contributed by atoms with Crippen LogP contribution in [0.1, 0.15) is 43.1 Å². The molecule has 0 amide bonds. The first-order valence-electron chi connectivity index (χ1n) is 14.7. The van der Waals surface area contributed by atoms with Crippen molar-refractivity contribution in [3.05, 3.63) is 84.4 Å². The summed E-state index contributed by atoms with van der Waals surface area (Å²) in [4.78, 5) is 26.7. The highest BCUT2D eigenvalue weighted by Gasteiger charge is 2.64. The molecule has 11 heteroatoms. The van der Waals surface area contributed by atoms with Crippen LogP contribution >= 0.6 is 0 Å². The summed E-state index contributed by atoms with van der Waals surface area (Å²) in [6.45, 7) is 19.6. The molecule has 45 heavy (non-hydrogen) atoms. The average Bonchev–Trinajstić information content (AvgIpc) is 2.94. The van der Waals surface area contributed by atoms with Crippen molar-refractivity contribution in [2.24, 2.45) is 0 Å². The highest BCUT2D eigenvalue weighted by Crippen LogP contribution is 2.44. The standard InChI is InChI=1S/C34H45F3O6Si2/c1-11-27(41-30(38)25-18-14-12-15-19-25)24-29(43-45(9,10)32(2,3)4)28(22-23-44(6,7)8)42-31(39)33(40-5,34(35,36)37)26-20-16-13-17-21-26/h11-21,27-29H,1,24H2,2-10H3/t27-,28+,29+,33+/m1/s1. The van der Waals surface area contributed by atoms with E-state index in [-0.39, 0.29) is 11.5 Å². The number of hydrogen-bond donors (Lipinski definition) is 0. The number of hydrogen-bond acceptors (Lipinski definition) is 6. The van der Waals surface area contributed by atoms with Crippen LogP contribution in [0.15, 0.2) is 73.3 Å². The van der Waals surface area contributed by atoms with Gasteiger partial charge in [-0.1, -0.05) is 108 Å². The summed E-state index contributed by atoms with van der Waals surface area (Å²) in [6.07, 6.45) is -7.33. The molecule has 0 unspecified atom stereocenters. The van der Waals surface area contributed by atoms with Crippen molar-refractivity contribution < 1.29 is 41.4 Å². The zero-order valence-electron chi connectivity index (χ0n) is 27.6. The minimum absolute atomic E-state index is 0.0791. The molecule has 0 aliphatic carbocycles. The number of benzene rings is 2. The lowest BCUT2D eigenvalue weighted by Crippen LogP contribution is -2.54. The van der Waals surface area contributed by atoms with Gasteiger partial charge in [0, 0.05) is 19.1 Å². The molecule has 2 aromatic rings. The fourth-order valence-electron chi connectivity index (χ4n) is 4.06. The number of rotatable bonds is 12. The van der Waals surface area contributed by atoms with Crippen molar-refractivity contribution in [1.29, 1.82) is 0 Å². The van der Waals surface area contributed by atoms with Gasteiger partial charge < -0.3 is 18.6 Å². The highest BCUT2D eigenvalue weighted by molar-refractivity contribution is 6.83. The van der Waals surface area contributed by atoms with E-state index < -0.39 is 64.0 Å². The van der Waals surface area contributed by atoms with Crippen molar-refractivity contribution in [3.63, 3.8) is 0 Å². The van der Waals surface area contributed by atoms with Crippen LogP contribution in [-0.2, 0) is 29.0 Å². The Hall–Kier alpha value is -3.18. The van der Waals surface area contributed by atoms with Gasteiger partial charge in [0.2, 0.25) is 0 Å². The molecule has 0 radical (unpaired) electrons. The zero-order valence-corrected chi connectivity index (χ0v) is 29.6. The van der Waals surface area contributed by atoms with Crippen molar-refractivity contribution in [1.82, 2.24) is 0 Å². The molecule has 6 nitrogen and oxygen atoms in total. The predicted octanol–water partition coefficient (Wildman–Crippen LogP) is 8.08. The van der Waals surface area contributed by atoms with Gasteiger partial charge in [0.1, 0.15) is 14.2 Å². The fraction of sp³-hybridized carbons (Fsp3) is 0.471. The lowest BCUT2D eigenvalue weighted by molar-refractivity contribution is -0.278. The number of carbonyl (C=O) groups is 2. The van der Waals surface area contributed by atoms with Gasteiger partial charge in [-0.25, -0.2) is 9.59 Å². The first-order valence-corrected chi connectivity index (χ1v) is 21.1. The van der Waals surface area contributed by atoms with Crippen molar-refractivity contribution in [2.75, 3.05) is 7.11 Å². The Morgan fingerprint density at radius 1 is 0.911 bits per heavy atom. The van der Waals surface area contributed by atoms with Crippen LogP contribution in [0.4, 0.5) is 13.2 Å². The molecule has 0 aliphatic heterocycles. The Morgan fingerprint density at radius 2 is 1.44 bits per heavy atom. The molecule has 0 aromatic heterocycles. The van der Waals surface area contributed by atoms with Crippen LogP contribution in [0.3, 0.4) is 0 Å². The predicted molar refractivity (Wildman–Crippen MR) is 175 cm³/mol. The van der Waals surface area contributed by atoms with Crippen LogP contribution in [-0.4, -0.2) is 59.9 Å². The molecule has 0 saturated carbocycles. The number of esters is 2. The second-order valence-electron chi connectivity index (χ2n) is 13.3. The van der Waals surface area contributed by atoms with Gasteiger partial charge in [0.15, 0.2) is 14.4 Å². The Bertz CT molecular complexity index is 1360. The largest absolute Gasteiger partial charge is 0.454 e. The molecular weight excluding hydrogens is 618 g/mol. The normalized spacial score (nSPS) is 15.8. The molecule has 2 rings (SSSR count). The highest BCUT2D eigenvalue weighted by atomic mass is 28.4. The topological polar surface area (TPSA) is 71.1 Å². The first-order chi connectivity index (χ1) is 20.7. The van der Waals surface area contributed by atoms with E-state index in [4.69, 9.17) is 18.6 Å². The smallest absolute Gasteiger partial charge is 0.432 e. The van der Waals surface area contributed by atoms with Crippen LogP contribution in [0.2, 0.25) is 37.8 Å². The number of alkyl halides is 3. The molecule has 0 aliphatic rings. The molecule has 0 fully saturated rings. The molecule has 2 aromatic carbocycles. The fourth-order valence-corrected chi connectivity index (χ4v) is 5.97. The van der Waals surface area contributed by atoms with E-state index in [1.165, 1.54) is 24.3 Å². The van der Waals surface area contributed by atoms with Gasteiger partial charge in [-0.15, -0.1) is 5.54 Å². The van der Waals surface area contributed by atoms with E-state index in [1.807, 2.05) is 53.5 Å². The molecular formula is C34H45F3O6Si2. The maximum absolute atomic E-state index is 14.8. The third kappa shape index (κ3) is 9.90. The first kappa shape index (κ1) is 38.0. The van der Waals surface area contributed by atoms with Crippen LogP contribution in [0.25, 0.3) is 0 Å². The van der Waals surface area contributed by atoms with E-state index in [1.54, 1.807) is 30.3 Å². The van der Waals surface area contributed by atoms with Crippen molar-refractivity contribution in [3.8, 4) is 11.5 Å². The van der Waals surface area contributed by atoms with Crippen LogP contribution in [0, 0.1) is 11.5 Å². The summed E-state index contributed by atoms with van der Waals surface area (Å²) in [5.74, 6) is 0.647. The summed E-state index contributed by atoms with van der Waals surface area (Å²) in [5, 5.41) is -0.331. The number of methoxy groups -OCH3 is 1. The summed E-state index contributed by atoms with van der Waals surface area (Å²) in [5.41, 5.74) is -0.424. The van der Waals surface area contributed by atoms with Crippen LogP contribution < -0.4 is 0 Å². The zero-order chi connectivity index (χ0) is 34.3. The third-order valence-corrected chi connectivity index (χ3v) is 13.0. The Kier molecular flexibility index (Phi) is 12.6. The van der Waals surface area contributed by atoms with Crippen LogP contribution in [0.5, 0.6) is 0 Å². The van der Waals surface area contributed by atoms with E-state index in [9.17, 15) is 22.8 Å². The SMILES string of the molecule is C=C[C@H](C[C@H](O[Si](C)(C)C(C)(C)C)[C@H](C#C[Si](C)(C)C)OC(=O)[C@@](OC)(c1ccccc1)C(F)(F)F)OC(=O)c1ccccc1. The third-order valence-electron chi connectivity index (χ3n) is 7.58. The average molecular weight is 663 g/mol. The van der Waals surface area contributed by atoms with E-state index in [0.717, 1.165) is 19.2 Å². The second-order valence-corrected chi connectivity index (χ2v) is 22.8. The summed E-state index contributed by atoms with van der Waals surface area (Å²) < 4.78 is 67.5. The quantitative estimate of drug-likeness (QED) is 0.0991. The lowest BCUT2D eigenvalue weighted by atomic mass is 9.92. The van der Waals surface area contributed by atoms with Gasteiger partial charge in [-0.3, -0.25) is 0 Å². The van der Waals surface area contributed by atoms with Crippen molar-refractivity contribution >= 4 is 28.3 Å². The van der Waals surface area contributed by atoms with Gasteiger partial charge in [0.25, 0.3) is 5.60 Å². The van der Waals surface area contributed by atoms with Crippen molar-refractivity contribution in [2.45, 2.75) is 95.1 Å². The molecule has 0 saturated heterocycles.